The fraction of sp³-hybridized carbons (Fsp3) is 0.400. The maximum Gasteiger partial charge on any atom is 0.243 e. The summed E-state index contributed by atoms with van der Waals surface area (Å²) in [6.45, 7) is 3.61. The molecule has 2 rings (SSSR count). The van der Waals surface area contributed by atoms with E-state index in [2.05, 4.69) is 0 Å². The molecule has 27 heavy (non-hydrogen) atoms. The van der Waals surface area contributed by atoms with Crippen LogP contribution in [0.2, 0.25) is 0 Å². The maximum atomic E-state index is 13.2. The zero-order chi connectivity index (χ0) is 19.7. The van der Waals surface area contributed by atoms with Gasteiger partial charge in [0.05, 0.1) is 18.1 Å². The highest BCUT2D eigenvalue weighted by Gasteiger charge is 2.25. The Bertz CT molecular complexity index is 808. The molecule has 0 radical (unpaired) electrons. The molecule has 0 aliphatic rings. The molecule has 0 atom stereocenters. The summed E-state index contributed by atoms with van der Waals surface area (Å²) in [5, 5.41) is 0. The maximum absolute atomic E-state index is 13.2. The van der Waals surface area contributed by atoms with Crippen LogP contribution in [0.25, 0.3) is 0 Å². The molecule has 0 N–H and O–H groups in total. The van der Waals surface area contributed by atoms with Crippen molar-refractivity contribution in [3.63, 3.8) is 0 Å². The predicted molar refractivity (Wildman–Crippen MR) is 104 cm³/mol. The van der Waals surface area contributed by atoms with Crippen molar-refractivity contribution in [1.29, 1.82) is 0 Å². The molecule has 2 aromatic carbocycles. The van der Waals surface area contributed by atoms with Gasteiger partial charge in [-0.05, 0) is 36.2 Å². The van der Waals surface area contributed by atoms with Gasteiger partial charge >= 0.3 is 0 Å². The SMILES string of the molecule is COCCOc1ccc(S(=O)(=O)N(CCOC)Cc2ccccc2)cc1C. The van der Waals surface area contributed by atoms with Crippen molar-refractivity contribution < 1.29 is 22.6 Å². The smallest absolute Gasteiger partial charge is 0.243 e. The van der Waals surface area contributed by atoms with Crippen molar-refractivity contribution in [1.82, 2.24) is 4.31 Å². The van der Waals surface area contributed by atoms with E-state index in [1.165, 1.54) is 4.31 Å². The summed E-state index contributed by atoms with van der Waals surface area (Å²) in [6, 6.07) is 14.4. The second-order valence-corrected chi connectivity index (χ2v) is 8.02. The molecule has 0 amide bonds. The normalized spacial score (nSPS) is 11.7. The minimum atomic E-state index is -3.66. The Balaban J connectivity index is 2.24. The summed E-state index contributed by atoms with van der Waals surface area (Å²) < 4.78 is 43.5. The molecule has 0 heterocycles. The van der Waals surface area contributed by atoms with Crippen molar-refractivity contribution in [2.24, 2.45) is 0 Å². The van der Waals surface area contributed by atoms with Crippen molar-refractivity contribution in [2.75, 3.05) is 40.6 Å². The first kappa shape index (κ1) is 21.4. The molecule has 7 heteroatoms. The average molecular weight is 394 g/mol. The van der Waals surface area contributed by atoms with Crippen LogP contribution in [0.15, 0.2) is 53.4 Å². The third-order valence-electron chi connectivity index (χ3n) is 4.08. The Hall–Kier alpha value is -1.93. The van der Waals surface area contributed by atoms with Crippen molar-refractivity contribution >= 4 is 10.0 Å². The first-order valence-corrected chi connectivity index (χ1v) is 10.2. The Morgan fingerprint density at radius 1 is 0.926 bits per heavy atom. The molecule has 0 saturated heterocycles. The van der Waals surface area contributed by atoms with E-state index in [-0.39, 0.29) is 18.0 Å². The van der Waals surface area contributed by atoms with Gasteiger partial charge in [-0.1, -0.05) is 30.3 Å². The Kier molecular flexibility index (Phi) is 8.24. The largest absolute Gasteiger partial charge is 0.491 e. The van der Waals surface area contributed by atoms with E-state index in [1.807, 2.05) is 37.3 Å². The van der Waals surface area contributed by atoms with Gasteiger partial charge in [0.25, 0.3) is 0 Å². The average Bonchev–Trinajstić information content (AvgIpc) is 2.67. The number of methoxy groups -OCH3 is 2. The summed E-state index contributed by atoms with van der Waals surface area (Å²) in [5.74, 6) is 0.650. The molecule has 0 bridgehead atoms. The number of hydrogen-bond donors (Lipinski definition) is 0. The van der Waals surface area contributed by atoms with Crippen LogP contribution in [-0.4, -0.2) is 53.3 Å². The summed E-state index contributed by atoms with van der Waals surface area (Å²) in [5.41, 5.74) is 1.69. The minimum Gasteiger partial charge on any atom is -0.491 e. The van der Waals surface area contributed by atoms with Crippen LogP contribution < -0.4 is 4.74 Å². The van der Waals surface area contributed by atoms with Crippen LogP contribution in [-0.2, 0) is 26.0 Å². The molecular weight excluding hydrogens is 366 g/mol. The lowest BCUT2D eigenvalue weighted by atomic mass is 10.2. The number of sulfonamides is 1. The zero-order valence-corrected chi connectivity index (χ0v) is 16.9. The van der Waals surface area contributed by atoms with E-state index < -0.39 is 10.0 Å². The molecular formula is C20H27NO5S. The molecule has 0 saturated carbocycles. The third-order valence-corrected chi connectivity index (χ3v) is 5.92. The molecule has 2 aromatic rings. The zero-order valence-electron chi connectivity index (χ0n) is 16.1. The fourth-order valence-electron chi connectivity index (χ4n) is 2.59. The van der Waals surface area contributed by atoms with Gasteiger partial charge in [-0.3, -0.25) is 0 Å². The molecule has 0 aliphatic heterocycles. The van der Waals surface area contributed by atoms with Gasteiger partial charge in [-0.25, -0.2) is 8.42 Å². The lowest BCUT2D eigenvalue weighted by Gasteiger charge is -2.22. The molecule has 0 aliphatic carbocycles. The lowest BCUT2D eigenvalue weighted by Crippen LogP contribution is -2.33. The lowest BCUT2D eigenvalue weighted by molar-refractivity contribution is 0.146. The Morgan fingerprint density at radius 2 is 1.63 bits per heavy atom. The van der Waals surface area contributed by atoms with Crippen LogP contribution in [0, 0.1) is 6.92 Å². The first-order valence-electron chi connectivity index (χ1n) is 8.74. The van der Waals surface area contributed by atoms with Crippen molar-refractivity contribution in [3.8, 4) is 5.75 Å². The van der Waals surface area contributed by atoms with Gasteiger partial charge in [0.15, 0.2) is 0 Å². The number of benzene rings is 2. The number of hydrogen-bond acceptors (Lipinski definition) is 5. The summed E-state index contributed by atoms with van der Waals surface area (Å²) in [4.78, 5) is 0.242. The van der Waals surface area contributed by atoms with Crippen LogP contribution in [0.5, 0.6) is 5.75 Å². The summed E-state index contributed by atoms with van der Waals surface area (Å²) in [6.07, 6.45) is 0. The van der Waals surface area contributed by atoms with Crippen LogP contribution in [0.1, 0.15) is 11.1 Å². The highest BCUT2D eigenvalue weighted by molar-refractivity contribution is 7.89. The summed E-state index contributed by atoms with van der Waals surface area (Å²) in [7, 11) is -0.499. The Labute approximate surface area is 161 Å². The van der Waals surface area contributed by atoms with E-state index in [0.717, 1.165) is 11.1 Å². The number of rotatable bonds is 11. The first-order chi connectivity index (χ1) is 13.0. The van der Waals surface area contributed by atoms with Gasteiger partial charge in [0.1, 0.15) is 12.4 Å². The topological polar surface area (TPSA) is 65.1 Å². The van der Waals surface area contributed by atoms with Gasteiger partial charge in [-0.2, -0.15) is 4.31 Å². The molecule has 0 aromatic heterocycles. The molecule has 148 valence electrons. The van der Waals surface area contributed by atoms with Crippen LogP contribution >= 0.6 is 0 Å². The van der Waals surface area contributed by atoms with E-state index in [4.69, 9.17) is 14.2 Å². The van der Waals surface area contributed by atoms with E-state index in [9.17, 15) is 8.42 Å². The van der Waals surface area contributed by atoms with Gasteiger partial charge in [0, 0.05) is 27.3 Å². The molecule has 0 spiro atoms. The number of aryl methyl sites for hydroxylation is 1. The predicted octanol–water partition coefficient (Wildman–Crippen LogP) is 2.86. The summed E-state index contributed by atoms with van der Waals surface area (Å²) >= 11 is 0. The third kappa shape index (κ3) is 6.04. The van der Waals surface area contributed by atoms with E-state index in [1.54, 1.807) is 32.4 Å². The van der Waals surface area contributed by atoms with Crippen molar-refractivity contribution in [2.45, 2.75) is 18.4 Å². The molecule has 0 unspecified atom stereocenters. The highest BCUT2D eigenvalue weighted by Crippen LogP contribution is 2.25. The highest BCUT2D eigenvalue weighted by atomic mass is 32.2. The Morgan fingerprint density at radius 3 is 2.26 bits per heavy atom. The second kappa shape index (κ2) is 10.4. The fourth-order valence-corrected chi connectivity index (χ4v) is 4.09. The standard InChI is InChI=1S/C20H27NO5S/c1-17-15-19(9-10-20(17)26-14-13-25-3)27(22,23)21(11-12-24-2)16-18-7-5-4-6-8-18/h4-10,15H,11-14,16H2,1-3H3. The van der Waals surface area contributed by atoms with Gasteiger partial charge in [-0.15, -0.1) is 0 Å². The second-order valence-electron chi connectivity index (χ2n) is 6.09. The van der Waals surface area contributed by atoms with Crippen LogP contribution in [0.3, 0.4) is 0 Å². The minimum absolute atomic E-state index is 0.242. The van der Waals surface area contributed by atoms with E-state index >= 15 is 0 Å². The monoisotopic (exact) mass is 393 g/mol. The quantitative estimate of drug-likeness (QED) is 0.549. The number of ether oxygens (including phenoxy) is 3. The van der Waals surface area contributed by atoms with Gasteiger partial charge < -0.3 is 14.2 Å². The van der Waals surface area contributed by atoms with Crippen molar-refractivity contribution in [3.05, 3.63) is 59.7 Å². The molecule has 6 nitrogen and oxygen atoms in total. The van der Waals surface area contributed by atoms with Crippen LogP contribution in [0.4, 0.5) is 0 Å². The van der Waals surface area contributed by atoms with Gasteiger partial charge in [0.2, 0.25) is 10.0 Å². The molecule has 0 fully saturated rings. The number of nitrogens with zero attached hydrogens (tertiary/aromatic N) is 1. The van der Waals surface area contributed by atoms with E-state index in [0.29, 0.717) is 25.6 Å².